The molecule has 0 aromatic rings. The lowest BCUT2D eigenvalue weighted by molar-refractivity contribution is 0.103. The van der Waals surface area contributed by atoms with Crippen LogP contribution >= 0.6 is 0 Å². The first-order valence-corrected chi connectivity index (χ1v) is 5.77. The summed E-state index contributed by atoms with van der Waals surface area (Å²) in [6.45, 7) is 3.39. The second kappa shape index (κ2) is 4.97. The SMILES string of the molecule is C1CC(CNCCC2CCCO2)C1. The van der Waals surface area contributed by atoms with Crippen molar-refractivity contribution in [3.63, 3.8) is 0 Å². The van der Waals surface area contributed by atoms with Gasteiger partial charge in [0.1, 0.15) is 0 Å². The summed E-state index contributed by atoms with van der Waals surface area (Å²) in [5.41, 5.74) is 0. The Bertz CT molecular complexity index is 139. The van der Waals surface area contributed by atoms with Gasteiger partial charge in [-0.1, -0.05) is 6.42 Å². The average molecular weight is 183 g/mol. The normalized spacial score (nSPS) is 29.1. The molecule has 76 valence electrons. The highest BCUT2D eigenvalue weighted by atomic mass is 16.5. The van der Waals surface area contributed by atoms with E-state index in [9.17, 15) is 0 Å². The molecule has 2 fully saturated rings. The Morgan fingerprint density at radius 2 is 2.08 bits per heavy atom. The van der Waals surface area contributed by atoms with E-state index in [4.69, 9.17) is 4.74 Å². The Labute approximate surface area is 81.0 Å². The molecule has 1 saturated heterocycles. The Morgan fingerprint density at radius 1 is 1.15 bits per heavy atom. The maximum Gasteiger partial charge on any atom is 0.0588 e. The van der Waals surface area contributed by atoms with Gasteiger partial charge in [0, 0.05) is 6.61 Å². The molecular formula is C11H21NO. The van der Waals surface area contributed by atoms with Crippen LogP contribution in [0.15, 0.2) is 0 Å². The minimum absolute atomic E-state index is 0.564. The lowest BCUT2D eigenvalue weighted by Crippen LogP contribution is -2.29. The van der Waals surface area contributed by atoms with Gasteiger partial charge in [-0.25, -0.2) is 0 Å². The molecule has 0 bridgehead atoms. The molecule has 0 spiro atoms. The predicted octanol–water partition coefficient (Wildman–Crippen LogP) is 1.95. The summed E-state index contributed by atoms with van der Waals surface area (Å²) in [5.74, 6) is 0.990. The van der Waals surface area contributed by atoms with Crippen LogP contribution in [0.4, 0.5) is 0 Å². The highest BCUT2D eigenvalue weighted by molar-refractivity contribution is 4.72. The third-order valence-electron chi connectivity index (χ3n) is 3.32. The molecule has 1 aliphatic carbocycles. The first kappa shape index (κ1) is 9.47. The lowest BCUT2D eigenvalue weighted by atomic mass is 9.85. The van der Waals surface area contributed by atoms with Gasteiger partial charge in [-0.2, -0.15) is 0 Å². The number of hydrogen-bond donors (Lipinski definition) is 1. The molecule has 2 rings (SSSR count). The van der Waals surface area contributed by atoms with Crippen molar-refractivity contribution in [3.8, 4) is 0 Å². The number of nitrogens with one attached hydrogen (secondary N) is 1. The van der Waals surface area contributed by atoms with Gasteiger partial charge in [-0.15, -0.1) is 0 Å². The van der Waals surface area contributed by atoms with Gasteiger partial charge in [0.05, 0.1) is 6.10 Å². The fraction of sp³-hybridized carbons (Fsp3) is 1.00. The summed E-state index contributed by atoms with van der Waals surface area (Å²) in [4.78, 5) is 0. The molecule has 2 heteroatoms. The summed E-state index contributed by atoms with van der Waals surface area (Å²) in [6.07, 6.45) is 8.69. The molecule has 1 unspecified atom stereocenters. The summed E-state index contributed by atoms with van der Waals surface area (Å²) in [7, 11) is 0. The van der Waals surface area contributed by atoms with E-state index < -0.39 is 0 Å². The standard InChI is InChI=1S/C11H21NO/c1-3-10(4-1)9-12-7-6-11-5-2-8-13-11/h10-12H,1-9H2. The average Bonchev–Trinajstić information content (AvgIpc) is 2.53. The minimum Gasteiger partial charge on any atom is -0.378 e. The fourth-order valence-electron chi connectivity index (χ4n) is 2.14. The molecule has 1 saturated carbocycles. The molecular weight excluding hydrogens is 162 g/mol. The second-order valence-corrected chi connectivity index (χ2v) is 4.42. The van der Waals surface area contributed by atoms with Crippen molar-refractivity contribution in [2.24, 2.45) is 5.92 Å². The van der Waals surface area contributed by atoms with Crippen molar-refractivity contribution in [3.05, 3.63) is 0 Å². The zero-order chi connectivity index (χ0) is 8.93. The Kier molecular flexibility index (Phi) is 3.62. The van der Waals surface area contributed by atoms with E-state index in [1.807, 2.05) is 0 Å². The summed E-state index contributed by atoms with van der Waals surface area (Å²) in [6, 6.07) is 0. The van der Waals surface area contributed by atoms with Gasteiger partial charge in [0.25, 0.3) is 0 Å². The Morgan fingerprint density at radius 3 is 2.69 bits per heavy atom. The van der Waals surface area contributed by atoms with Crippen LogP contribution in [0.2, 0.25) is 0 Å². The van der Waals surface area contributed by atoms with Gasteiger partial charge in [0.2, 0.25) is 0 Å². The molecule has 0 amide bonds. The lowest BCUT2D eigenvalue weighted by Gasteiger charge is -2.25. The van der Waals surface area contributed by atoms with Gasteiger partial charge in [-0.05, 0) is 51.1 Å². The van der Waals surface area contributed by atoms with Crippen LogP contribution < -0.4 is 5.32 Å². The van der Waals surface area contributed by atoms with E-state index in [2.05, 4.69) is 5.32 Å². The predicted molar refractivity (Wildman–Crippen MR) is 53.8 cm³/mol. The Balaban J connectivity index is 1.43. The molecule has 1 aliphatic heterocycles. The van der Waals surface area contributed by atoms with E-state index in [1.165, 1.54) is 45.1 Å². The summed E-state index contributed by atoms with van der Waals surface area (Å²) >= 11 is 0. The quantitative estimate of drug-likeness (QED) is 0.658. The van der Waals surface area contributed by atoms with Crippen molar-refractivity contribution in [2.45, 2.75) is 44.6 Å². The zero-order valence-electron chi connectivity index (χ0n) is 8.43. The maximum atomic E-state index is 5.56. The number of rotatable bonds is 5. The monoisotopic (exact) mass is 183 g/mol. The molecule has 1 heterocycles. The molecule has 2 nitrogen and oxygen atoms in total. The van der Waals surface area contributed by atoms with E-state index in [0.717, 1.165) is 19.1 Å². The van der Waals surface area contributed by atoms with Crippen LogP contribution in [0.1, 0.15) is 38.5 Å². The zero-order valence-corrected chi connectivity index (χ0v) is 8.43. The van der Waals surface area contributed by atoms with Crippen molar-refractivity contribution in [1.82, 2.24) is 5.32 Å². The number of ether oxygens (including phenoxy) is 1. The topological polar surface area (TPSA) is 21.3 Å². The second-order valence-electron chi connectivity index (χ2n) is 4.42. The van der Waals surface area contributed by atoms with Crippen molar-refractivity contribution in [2.75, 3.05) is 19.7 Å². The van der Waals surface area contributed by atoms with Gasteiger partial charge < -0.3 is 10.1 Å². The van der Waals surface area contributed by atoms with Crippen molar-refractivity contribution in [1.29, 1.82) is 0 Å². The molecule has 2 aliphatic rings. The van der Waals surface area contributed by atoms with Crippen LogP contribution in [0.25, 0.3) is 0 Å². The smallest absolute Gasteiger partial charge is 0.0588 e. The van der Waals surface area contributed by atoms with Crippen molar-refractivity contribution < 1.29 is 4.74 Å². The van der Waals surface area contributed by atoms with E-state index in [1.54, 1.807) is 0 Å². The fourth-order valence-corrected chi connectivity index (χ4v) is 2.14. The maximum absolute atomic E-state index is 5.56. The summed E-state index contributed by atoms with van der Waals surface area (Å²) in [5, 5.41) is 3.53. The van der Waals surface area contributed by atoms with Gasteiger partial charge in [-0.3, -0.25) is 0 Å². The van der Waals surface area contributed by atoms with Crippen molar-refractivity contribution >= 4 is 0 Å². The van der Waals surface area contributed by atoms with Crippen LogP contribution in [0, 0.1) is 5.92 Å². The van der Waals surface area contributed by atoms with Crippen LogP contribution in [-0.2, 0) is 4.74 Å². The van der Waals surface area contributed by atoms with Gasteiger partial charge >= 0.3 is 0 Å². The minimum atomic E-state index is 0.564. The molecule has 1 atom stereocenters. The highest BCUT2D eigenvalue weighted by Crippen LogP contribution is 2.25. The Hall–Kier alpha value is -0.0800. The molecule has 0 aromatic carbocycles. The van der Waals surface area contributed by atoms with E-state index >= 15 is 0 Å². The molecule has 13 heavy (non-hydrogen) atoms. The first-order valence-electron chi connectivity index (χ1n) is 5.77. The van der Waals surface area contributed by atoms with Crippen LogP contribution in [0.3, 0.4) is 0 Å². The molecule has 0 aromatic heterocycles. The largest absolute Gasteiger partial charge is 0.378 e. The van der Waals surface area contributed by atoms with E-state index in [-0.39, 0.29) is 0 Å². The van der Waals surface area contributed by atoms with Gasteiger partial charge in [0.15, 0.2) is 0 Å². The van der Waals surface area contributed by atoms with Crippen LogP contribution in [0.5, 0.6) is 0 Å². The summed E-state index contributed by atoms with van der Waals surface area (Å²) < 4.78 is 5.56. The number of hydrogen-bond acceptors (Lipinski definition) is 2. The molecule has 0 radical (unpaired) electrons. The first-order chi connectivity index (χ1) is 6.45. The van der Waals surface area contributed by atoms with Crippen LogP contribution in [-0.4, -0.2) is 25.8 Å². The molecule has 1 N–H and O–H groups in total. The third kappa shape index (κ3) is 2.96. The third-order valence-corrected chi connectivity index (χ3v) is 3.32. The highest BCUT2D eigenvalue weighted by Gasteiger charge is 2.17. The van der Waals surface area contributed by atoms with E-state index in [0.29, 0.717) is 6.10 Å².